The standard InChI is InChI=1S/C29H32F2N2O3/c1-21(34)32-27-11-13-28(14-12-27)36-20-2-17-33-18-15-24(16-19-33)29(35,22-3-7-25(30)8-4-22)23-5-9-26(31)10-6-23/h3-14,24,35H,2,15-20H2,1H3,(H,32,34). The molecule has 3 aromatic rings. The van der Waals surface area contributed by atoms with E-state index < -0.39 is 5.60 Å². The quantitative estimate of drug-likeness (QED) is 0.394. The highest BCUT2D eigenvalue weighted by molar-refractivity contribution is 5.88. The topological polar surface area (TPSA) is 61.8 Å². The number of anilines is 1. The number of carbonyl (C=O) groups excluding carboxylic acids is 1. The van der Waals surface area contributed by atoms with Gasteiger partial charge in [-0.3, -0.25) is 4.79 Å². The van der Waals surface area contributed by atoms with E-state index in [1.54, 1.807) is 24.3 Å². The fourth-order valence-corrected chi connectivity index (χ4v) is 4.94. The number of hydrogen-bond acceptors (Lipinski definition) is 4. The van der Waals surface area contributed by atoms with Crippen molar-refractivity contribution in [1.29, 1.82) is 0 Å². The van der Waals surface area contributed by atoms with E-state index in [1.807, 2.05) is 24.3 Å². The average molecular weight is 495 g/mol. The van der Waals surface area contributed by atoms with Crippen LogP contribution in [0.15, 0.2) is 72.8 Å². The number of piperidine rings is 1. The molecule has 0 saturated carbocycles. The van der Waals surface area contributed by atoms with Gasteiger partial charge in [-0.25, -0.2) is 8.78 Å². The Morgan fingerprint density at radius 1 is 0.944 bits per heavy atom. The van der Waals surface area contributed by atoms with Crippen LogP contribution in [0.4, 0.5) is 14.5 Å². The van der Waals surface area contributed by atoms with E-state index in [4.69, 9.17) is 4.74 Å². The Balaban J connectivity index is 1.31. The molecule has 1 heterocycles. The number of halogens is 2. The molecule has 1 aliphatic heterocycles. The maximum atomic E-state index is 13.6. The Bertz CT molecular complexity index is 1080. The molecule has 2 N–H and O–H groups in total. The van der Waals surface area contributed by atoms with Crippen LogP contribution in [0.2, 0.25) is 0 Å². The molecule has 0 unspecified atom stereocenters. The second-order valence-corrected chi connectivity index (χ2v) is 9.30. The molecule has 5 nitrogen and oxygen atoms in total. The van der Waals surface area contributed by atoms with Gasteiger partial charge in [-0.05, 0) is 97.9 Å². The van der Waals surface area contributed by atoms with Crippen molar-refractivity contribution in [2.75, 3.05) is 31.6 Å². The third kappa shape index (κ3) is 6.28. The monoisotopic (exact) mass is 494 g/mol. The van der Waals surface area contributed by atoms with Crippen LogP contribution in [0.5, 0.6) is 5.75 Å². The molecule has 36 heavy (non-hydrogen) atoms. The van der Waals surface area contributed by atoms with Gasteiger partial charge in [-0.2, -0.15) is 0 Å². The summed E-state index contributed by atoms with van der Waals surface area (Å²) in [4.78, 5) is 13.5. The Labute approximate surface area is 210 Å². The molecule has 1 aliphatic rings. The van der Waals surface area contributed by atoms with Gasteiger partial charge in [-0.15, -0.1) is 0 Å². The summed E-state index contributed by atoms with van der Waals surface area (Å²) in [5.74, 6) is -0.155. The summed E-state index contributed by atoms with van der Waals surface area (Å²) >= 11 is 0. The molecule has 0 radical (unpaired) electrons. The normalized spacial score (nSPS) is 15.0. The predicted molar refractivity (Wildman–Crippen MR) is 136 cm³/mol. The first kappa shape index (κ1) is 25.8. The van der Waals surface area contributed by atoms with Crippen LogP contribution in [0, 0.1) is 17.6 Å². The number of nitrogens with one attached hydrogen (secondary N) is 1. The van der Waals surface area contributed by atoms with E-state index in [0.717, 1.165) is 50.3 Å². The maximum Gasteiger partial charge on any atom is 0.221 e. The van der Waals surface area contributed by atoms with Gasteiger partial charge in [0.2, 0.25) is 5.91 Å². The largest absolute Gasteiger partial charge is 0.494 e. The maximum absolute atomic E-state index is 13.6. The van der Waals surface area contributed by atoms with Crippen LogP contribution in [0.3, 0.4) is 0 Å². The van der Waals surface area contributed by atoms with Crippen LogP contribution < -0.4 is 10.1 Å². The van der Waals surface area contributed by atoms with Crippen LogP contribution >= 0.6 is 0 Å². The van der Waals surface area contributed by atoms with Gasteiger partial charge in [0.1, 0.15) is 23.0 Å². The predicted octanol–water partition coefficient (Wildman–Crippen LogP) is 5.34. The highest BCUT2D eigenvalue weighted by atomic mass is 19.1. The average Bonchev–Trinajstić information content (AvgIpc) is 2.88. The fraction of sp³-hybridized carbons (Fsp3) is 0.345. The summed E-state index contributed by atoms with van der Waals surface area (Å²) in [6.07, 6.45) is 2.38. The van der Waals surface area contributed by atoms with Crippen molar-refractivity contribution < 1.29 is 23.4 Å². The number of ether oxygens (including phenoxy) is 1. The van der Waals surface area contributed by atoms with Crippen molar-refractivity contribution in [3.63, 3.8) is 0 Å². The number of amides is 1. The van der Waals surface area contributed by atoms with Crippen molar-refractivity contribution >= 4 is 11.6 Å². The van der Waals surface area contributed by atoms with Crippen LogP contribution in [-0.2, 0) is 10.4 Å². The first-order chi connectivity index (χ1) is 17.3. The lowest BCUT2D eigenvalue weighted by Gasteiger charge is -2.42. The first-order valence-corrected chi connectivity index (χ1v) is 12.3. The minimum Gasteiger partial charge on any atom is -0.494 e. The van der Waals surface area contributed by atoms with E-state index in [1.165, 1.54) is 31.2 Å². The van der Waals surface area contributed by atoms with Gasteiger partial charge in [0.15, 0.2) is 0 Å². The number of aliphatic hydroxyl groups is 1. The van der Waals surface area contributed by atoms with E-state index in [2.05, 4.69) is 10.2 Å². The second kappa shape index (κ2) is 11.6. The van der Waals surface area contributed by atoms with Gasteiger partial charge in [0.05, 0.1) is 6.61 Å². The Morgan fingerprint density at radius 2 is 1.47 bits per heavy atom. The molecule has 0 aromatic heterocycles. The highest BCUT2D eigenvalue weighted by Crippen LogP contribution is 2.42. The van der Waals surface area contributed by atoms with E-state index >= 15 is 0 Å². The molecule has 1 fully saturated rings. The van der Waals surface area contributed by atoms with E-state index in [0.29, 0.717) is 17.7 Å². The molecule has 7 heteroatoms. The molecular weight excluding hydrogens is 462 g/mol. The number of hydrogen-bond donors (Lipinski definition) is 2. The Hall–Kier alpha value is -3.29. The van der Waals surface area contributed by atoms with Gasteiger partial charge in [-0.1, -0.05) is 24.3 Å². The van der Waals surface area contributed by atoms with Crippen LogP contribution in [-0.4, -0.2) is 42.2 Å². The lowest BCUT2D eigenvalue weighted by atomic mass is 9.72. The second-order valence-electron chi connectivity index (χ2n) is 9.30. The number of nitrogens with zero attached hydrogens (tertiary/aromatic N) is 1. The molecule has 0 spiro atoms. The zero-order valence-corrected chi connectivity index (χ0v) is 20.4. The SMILES string of the molecule is CC(=O)Nc1ccc(OCCCN2CCC(C(O)(c3ccc(F)cc3)c3ccc(F)cc3)CC2)cc1. The number of likely N-dealkylation sites (tertiary alicyclic amines) is 1. The molecular formula is C29H32F2N2O3. The fourth-order valence-electron chi connectivity index (χ4n) is 4.94. The Morgan fingerprint density at radius 3 is 1.97 bits per heavy atom. The third-order valence-electron chi connectivity index (χ3n) is 6.81. The minimum absolute atomic E-state index is 0.0805. The minimum atomic E-state index is -1.32. The molecule has 1 saturated heterocycles. The summed E-state index contributed by atoms with van der Waals surface area (Å²) in [6.45, 7) is 4.57. The number of benzene rings is 3. The zero-order chi connectivity index (χ0) is 25.5. The lowest BCUT2D eigenvalue weighted by Crippen LogP contribution is -2.44. The van der Waals surface area contributed by atoms with E-state index in [-0.39, 0.29) is 23.5 Å². The van der Waals surface area contributed by atoms with Crippen LogP contribution in [0.25, 0.3) is 0 Å². The van der Waals surface area contributed by atoms with Crippen molar-refractivity contribution in [2.45, 2.75) is 31.8 Å². The number of carbonyl (C=O) groups is 1. The van der Waals surface area contributed by atoms with Gasteiger partial charge < -0.3 is 20.1 Å². The van der Waals surface area contributed by atoms with Crippen molar-refractivity contribution in [1.82, 2.24) is 4.90 Å². The molecule has 1 amide bonds. The van der Waals surface area contributed by atoms with E-state index in [9.17, 15) is 18.7 Å². The number of rotatable bonds is 9. The summed E-state index contributed by atoms with van der Waals surface area (Å²) in [6, 6.07) is 19.2. The Kier molecular flexibility index (Phi) is 8.33. The summed E-state index contributed by atoms with van der Waals surface area (Å²) in [7, 11) is 0. The van der Waals surface area contributed by atoms with Crippen molar-refractivity contribution in [2.24, 2.45) is 5.92 Å². The van der Waals surface area contributed by atoms with Crippen molar-refractivity contribution in [3.05, 3.63) is 95.6 Å². The van der Waals surface area contributed by atoms with Gasteiger partial charge in [0.25, 0.3) is 0 Å². The van der Waals surface area contributed by atoms with Crippen LogP contribution in [0.1, 0.15) is 37.3 Å². The molecule has 0 bridgehead atoms. The third-order valence-corrected chi connectivity index (χ3v) is 6.81. The summed E-state index contributed by atoms with van der Waals surface area (Å²) in [5, 5.41) is 14.7. The first-order valence-electron chi connectivity index (χ1n) is 12.3. The molecule has 0 aliphatic carbocycles. The van der Waals surface area contributed by atoms with Gasteiger partial charge >= 0.3 is 0 Å². The molecule has 190 valence electrons. The molecule has 4 rings (SSSR count). The summed E-state index contributed by atoms with van der Waals surface area (Å²) in [5.41, 5.74) is 0.651. The van der Waals surface area contributed by atoms with Crippen molar-refractivity contribution in [3.8, 4) is 5.75 Å². The molecule has 3 aromatic carbocycles. The highest BCUT2D eigenvalue weighted by Gasteiger charge is 2.41. The van der Waals surface area contributed by atoms with Gasteiger partial charge in [0, 0.05) is 19.2 Å². The summed E-state index contributed by atoms with van der Waals surface area (Å²) < 4.78 is 33.0. The molecule has 0 atom stereocenters. The smallest absolute Gasteiger partial charge is 0.221 e. The lowest BCUT2D eigenvalue weighted by molar-refractivity contribution is -0.114. The zero-order valence-electron chi connectivity index (χ0n) is 20.4.